The lowest BCUT2D eigenvalue weighted by Crippen LogP contribution is -2.40. The largest absolute Gasteiger partial charge is 0.493 e. The molecule has 1 unspecified atom stereocenters. The zero-order valence-electron chi connectivity index (χ0n) is 19.2. The standard InChI is InChI=1S/C27H36O2Si/c1-7-23(21-14-9-8-10-15-21)26-24-17-12-11-16-22(24)20-28-25(26)18-13-19-29-30(5,6)27(2,3)4/h7-12,14-17,23H,1,13,18-20H2,2-6H3. The fourth-order valence-electron chi connectivity index (χ4n) is 3.71. The van der Waals surface area contributed by atoms with Crippen molar-refractivity contribution in [3.63, 3.8) is 0 Å². The second-order valence-electron chi connectivity index (χ2n) is 9.62. The van der Waals surface area contributed by atoms with Crippen molar-refractivity contribution in [1.82, 2.24) is 0 Å². The van der Waals surface area contributed by atoms with Gasteiger partial charge in [0, 0.05) is 24.5 Å². The minimum Gasteiger partial charge on any atom is -0.493 e. The molecule has 0 N–H and O–H groups in total. The van der Waals surface area contributed by atoms with Crippen LogP contribution in [0.5, 0.6) is 0 Å². The summed E-state index contributed by atoms with van der Waals surface area (Å²) in [6, 6.07) is 19.2. The lowest BCUT2D eigenvalue weighted by atomic mass is 9.82. The van der Waals surface area contributed by atoms with Crippen LogP contribution < -0.4 is 0 Å². The van der Waals surface area contributed by atoms with Gasteiger partial charge in [-0.2, -0.15) is 0 Å². The topological polar surface area (TPSA) is 18.5 Å². The Morgan fingerprint density at radius 1 is 1.07 bits per heavy atom. The third kappa shape index (κ3) is 4.96. The molecule has 0 amide bonds. The Hall–Kier alpha value is -2.10. The van der Waals surface area contributed by atoms with E-state index in [2.05, 4.69) is 95.0 Å². The normalized spacial score (nSPS) is 15.4. The van der Waals surface area contributed by atoms with Crippen LogP contribution in [0.1, 0.15) is 56.2 Å². The fourth-order valence-corrected chi connectivity index (χ4v) is 4.79. The Morgan fingerprint density at radius 2 is 1.73 bits per heavy atom. The zero-order chi connectivity index (χ0) is 21.8. The van der Waals surface area contributed by atoms with Crippen LogP contribution in [-0.4, -0.2) is 14.9 Å². The first kappa shape index (κ1) is 22.6. The van der Waals surface area contributed by atoms with Crippen LogP contribution in [0, 0.1) is 0 Å². The van der Waals surface area contributed by atoms with Crippen molar-refractivity contribution in [3.8, 4) is 0 Å². The molecule has 2 nitrogen and oxygen atoms in total. The molecule has 0 radical (unpaired) electrons. The van der Waals surface area contributed by atoms with Gasteiger partial charge in [-0.3, -0.25) is 0 Å². The number of fused-ring (bicyclic) bond motifs is 1. The maximum atomic E-state index is 6.40. The molecule has 3 rings (SSSR count). The molecule has 1 atom stereocenters. The van der Waals surface area contributed by atoms with Crippen LogP contribution in [0.25, 0.3) is 5.57 Å². The van der Waals surface area contributed by atoms with Crippen LogP contribution in [0.2, 0.25) is 18.1 Å². The van der Waals surface area contributed by atoms with Crippen molar-refractivity contribution >= 4 is 13.9 Å². The van der Waals surface area contributed by atoms with Crippen molar-refractivity contribution in [2.75, 3.05) is 6.61 Å². The highest BCUT2D eigenvalue weighted by atomic mass is 28.4. The number of benzene rings is 2. The first-order chi connectivity index (χ1) is 14.2. The van der Waals surface area contributed by atoms with Crippen LogP contribution in [-0.2, 0) is 15.8 Å². The van der Waals surface area contributed by atoms with Crippen molar-refractivity contribution in [2.45, 2.75) is 64.3 Å². The Labute approximate surface area is 183 Å². The van der Waals surface area contributed by atoms with E-state index in [1.165, 1.54) is 22.3 Å². The van der Waals surface area contributed by atoms with Crippen LogP contribution in [0.3, 0.4) is 0 Å². The van der Waals surface area contributed by atoms with Crippen molar-refractivity contribution in [3.05, 3.63) is 89.7 Å². The summed E-state index contributed by atoms with van der Waals surface area (Å²) >= 11 is 0. The van der Waals surface area contributed by atoms with E-state index >= 15 is 0 Å². The highest BCUT2D eigenvalue weighted by Crippen LogP contribution is 2.42. The molecule has 3 heteroatoms. The molecule has 2 aromatic rings. The molecule has 0 saturated heterocycles. The molecule has 30 heavy (non-hydrogen) atoms. The maximum absolute atomic E-state index is 6.40. The minimum atomic E-state index is -1.72. The van der Waals surface area contributed by atoms with Gasteiger partial charge in [0.25, 0.3) is 0 Å². The highest BCUT2D eigenvalue weighted by molar-refractivity contribution is 6.74. The maximum Gasteiger partial charge on any atom is 0.191 e. The second kappa shape index (κ2) is 9.36. The van der Waals surface area contributed by atoms with E-state index in [9.17, 15) is 0 Å². The van der Waals surface area contributed by atoms with E-state index in [0.717, 1.165) is 25.2 Å². The van der Waals surface area contributed by atoms with E-state index in [1.807, 2.05) is 6.08 Å². The van der Waals surface area contributed by atoms with Crippen LogP contribution in [0.4, 0.5) is 0 Å². The van der Waals surface area contributed by atoms with Gasteiger partial charge in [-0.15, -0.1) is 6.58 Å². The van der Waals surface area contributed by atoms with Gasteiger partial charge >= 0.3 is 0 Å². The monoisotopic (exact) mass is 420 g/mol. The van der Waals surface area contributed by atoms with Crippen molar-refractivity contribution < 1.29 is 9.16 Å². The van der Waals surface area contributed by atoms with Gasteiger partial charge in [-0.05, 0) is 41.2 Å². The van der Waals surface area contributed by atoms with Gasteiger partial charge in [-0.1, -0.05) is 81.4 Å². The molecule has 0 aromatic heterocycles. The average molecular weight is 421 g/mol. The van der Waals surface area contributed by atoms with Gasteiger partial charge in [0.2, 0.25) is 0 Å². The number of rotatable bonds is 8. The smallest absolute Gasteiger partial charge is 0.191 e. The van der Waals surface area contributed by atoms with E-state index < -0.39 is 8.32 Å². The van der Waals surface area contributed by atoms with E-state index in [1.54, 1.807) is 0 Å². The summed E-state index contributed by atoms with van der Waals surface area (Å²) in [4.78, 5) is 0. The third-order valence-corrected chi connectivity index (χ3v) is 11.1. The highest BCUT2D eigenvalue weighted by Gasteiger charge is 2.37. The number of ether oxygens (including phenoxy) is 1. The Balaban J connectivity index is 1.86. The Kier molecular flexibility index (Phi) is 7.05. The van der Waals surface area contributed by atoms with Crippen LogP contribution >= 0.6 is 0 Å². The molecule has 0 saturated carbocycles. The first-order valence-corrected chi connectivity index (χ1v) is 13.9. The first-order valence-electron chi connectivity index (χ1n) is 11.0. The summed E-state index contributed by atoms with van der Waals surface area (Å²) in [5, 5.41) is 0.235. The summed E-state index contributed by atoms with van der Waals surface area (Å²) in [5.41, 5.74) is 5.04. The Morgan fingerprint density at radius 3 is 2.40 bits per heavy atom. The fraction of sp³-hybridized carbons (Fsp3) is 0.407. The molecule has 1 aliphatic rings. The molecule has 1 heterocycles. The molecule has 2 aromatic carbocycles. The lowest BCUT2D eigenvalue weighted by molar-refractivity contribution is 0.177. The summed E-state index contributed by atoms with van der Waals surface area (Å²) in [7, 11) is -1.72. The van der Waals surface area contributed by atoms with Gasteiger partial charge < -0.3 is 9.16 Å². The second-order valence-corrected chi connectivity index (χ2v) is 14.4. The predicted octanol–water partition coefficient (Wildman–Crippen LogP) is 7.70. The average Bonchev–Trinajstić information content (AvgIpc) is 2.72. The zero-order valence-corrected chi connectivity index (χ0v) is 20.2. The van der Waals surface area contributed by atoms with Crippen molar-refractivity contribution in [2.24, 2.45) is 0 Å². The lowest BCUT2D eigenvalue weighted by Gasteiger charge is -2.36. The minimum absolute atomic E-state index is 0.115. The van der Waals surface area contributed by atoms with Gasteiger partial charge in [0.05, 0.1) is 0 Å². The molecule has 1 aliphatic heterocycles. The summed E-state index contributed by atoms with van der Waals surface area (Å²) in [6.07, 6.45) is 3.89. The SMILES string of the molecule is C=CC(C1=C(CCCO[Si](C)(C)C(C)(C)C)OCc2ccccc21)c1ccccc1. The van der Waals surface area contributed by atoms with Gasteiger partial charge in [0.15, 0.2) is 8.32 Å². The summed E-state index contributed by atoms with van der Waals surface area (Å²) in [6.45, 7) is 17.1. The van der Waals surface area contributed by atoms with E-state index in [-0.39, 0.29) is 11.0 Å². The van der Waals surface area contributed by atoms with Gasteiger partial charge in [0.1, 0.15) is 12.4 Å². The molecule has 0 fully saturated rings. The van der Waals surface area contributed by atoms with E-state index in [0.29, 0.717) is 6.61 Å². The summed E-state index contributed by atoms with van der Waals surface area (Å²) in [5.74, 6) is 1.20. The molecular formula is C27H36O2Si. The quantitative estimate of drug-likeness (QED) is 0.247. The molecule has 0 bridgehead atoms. The predicted molar refractivity (Wildman–Crippen MR) is 130 cm³/mol. The van der Waals surface area contributed by atoms with Crippen LogP contribution in [0.15, 0.2) is 73.0 Å². The molecule has 0 spiro atoms. The molecule has 160 valence electrons. The number of allylic oxidation sites excluding steroid dienone is 3. The number of hydrogen-bond donors (Lipinski definition) is 0. The van der Waals surface area contributed by atoms with Gasteiger partial charge in [-0.25, -0.2) is 0 Å². The van der Waals surface area contributed by atoms with E-state index in [4.69, 9.17) is 9.16 Å². The Bertz CT molecular complexity index is 891. The summed E-state index contributed by atoms with van der Waals surface area (Å²) < 4.78 is 12.7. The molecule has 0 aliphatic carbocycles. The third-order valence-electron chi connectivity index (χ3n) is 6.53. The molecular weight excluding hydrogens is 384 g/mol. The van der Waals surface area contributed by atoms with Crippen molar-refractivity contribution in [1.29, 1.82) is 0 Å². The number of hydrogen-bond acceptors (Lipinski definition) is 2.